The van der Waals surface area contributed by atoms with E-state index in [1.165, 1.54) is 4.90 Å². The van der Waals surface area contributed by atoms with Crippen LogP contribution in [0.15, 0.2) is 47.1 Å². The predicted octanol–water partition coefficient (Wildman–Crippen LogP) is 4.70. The fourth-order valence-electron chi connectivity index (χ4n) is 6.18. The Morgan fingerprint density at radius 3 is 2.61 bits per heavy atom. The molecule has 1 aromatic heterocycles. The minimum atomic E-state index is -1.18. The van der Waals surface area contributed by atoms with Gasteiger partial charge in [0, 0.05) is 24.4 Å². The minimum absolute atomic E-state index is 0.133. The summed E-state index contributed by atoms with van der Waals surface area (Å²) < 4.78 is 11.4. The van der Waals surface area contributed by atoms with E-state index in [0.29, 0.717) is 29.6 Å². The first-order chi connectivity index (χ1) is 21.9. The largest absolute Gasteiger partial charge is 0.464 e. The molecule has 5 atom stereocenters. The summed E-state index contributed by atoms with van der Waals surface area (Å²) in [7, 11) is 0. The Labute approximate surface area is 277 Å². The molecule has 46 heavy (non-hydrogen) atoms. The highest BCUT2D eigenvalue weighted by Gasteiger charge is 2.62. The normalized spacial score (nSPS) is 27.7. The highest BCUT2D eigenvalue weighted by Crippen LogP contribution is 2.46. The molecule has 2 aliphatic heterocycles. The van der Waals surface area contributed by atoms with Crippen LogP contribution in [0.3, 0.4) is 0 Å². The Balaban J connectivity index is 1.47. The van der Waals surface area contributed by atoms with Crippen molar-refractivity contribution in [2.24, 2.45) is 5.92 Å². The Morgan fingerprint density at radius 2 is 1.89 bits per heavy atom. The van der Waals surface area contributed by atoms with E-state index in [1.807, 2.05) is 42.5 Å². The van der Waals surface area contributed by atoms with Gasteiger partial charge in [0.05, 0.1) is 12.6 Å². The third-order valence-corrected chi connectivity index (χ3v) is 9.08. The molecule has 12 nitrogen and oxygen atoms in total. The molecule has 1 saturated carbocycles. The SMILES string of the molecule is CCOC(=O)[C@@]12CC1/C=C\CCCCC[C@H](NC(=O)OC(C)(C)C)C(=O)N1C[C@H](n3nc(Br)c(-c4ccccc4)n3)C[C@H]1C(=O)N2. The number of alkyl carbamates (subject to hydrolysis) is 1. The monoisotopic (exact) mass is 698 g/mol. The van der Waals surface area contributed by atoms with Crippen LogP contribution in [-0.2, 0) is 23.9 Å². The lowest BCUT2D eigenvalue weighted by atomic mass is 10.0. The van der Waals surface area contributed by atoms with Gasteiger partial charge in [-0.2, -0.15) is 9.90 Å². The molecule has 0 bridgehead atoms. The lowest BCUT2D eigenvalue weighted by molar-refractivity contribution is -0.150. The predicted molar refractivity (Wildman–Crippen MR) is 173 cm³/mol. The number of nitrogens with one attached hydrogen (secondary N) is 2. The van der Waals surface area contributed by atoms with E-state index >= 15 is 0 Å². The van der Waals surface area contributed by atoms with Crippen molar-refractivity contribution in [3.8, 4) is 11.3 Å². The van der Waals surface area contributed by atoms with E-state index in [2.05, 4.69) is 31.7 Å². The van der Waals surface area contributed by atoms with Crippen LogP contribution in [0.5, 0.6) is 0 Å². The molecule has 3 aliphatic rings. The number of aromatic nitrogens is 3. The van der Waals surface area contributed by atoms with Gasteiger partial charge in [-0.25, -0.2) is 9.59 Å². The Kier molecular flexibility index (Phi) is 10.2. The van der Waals surface area contributed by atoms with Gasteiger partial charge in [-0.05, 0) is 69.3 Å². The molecule has 1 saturated heterocycles. The molecular weight excluding hydrogens is 656 g/mol. The number of ether oxygens (including phenoxy) is 2. The molecule has 3 heterocycles. The summed E-state index contributed by atoms with van der Waals surface area (Å²) in [5.74, 6) is -1.53. The van der Waals surface area contributed by atoms with Gasteiger partial charge in [0.15, 0.2) is 4.60 Å². The van der Waals surface area contributed by atoms with E-state index in [1.54, 1.807) is 32.5 Å². The number of hydrogen-bond donors (Lipinski definition) is 2. The van der Waals surface area contributed by atoms with Gasteiger partial charge >= 0.3 is 12.1 Å². The van der Waals surface area contributed by atoms with Crippen LogP contribution in [0.4, 0.5) is 4.79 Å². The van der Waals surface area contributed by atoms with Crippen LogP contribution >= 0.6 is 15.9 Å². The maximum atomic E-state index is 14.3. The van der Waals surface area contributed by atoms with Crippen LogP contribution in [0.1, 0.15) is 78.7 Å². The number of hydrogen-bond acceptors (Lipinski definition) is 8. The zero-order valence-corrected chi connectivity index (χ0v) is 28.4. The number of halogens is 1. The zero-order valence-electron chi connectivity index (χ0n) is 26.8. The second kappa shape index (κ2) is 13.9. The second-order valence-electron chi connectivity index (χ2n) is 13.2. The van der Waals surface area contributed by atoms with Crippen molar-refractivity contribution in [1.82, 2.24) is 30.5 Å². The fourth-order valence-corrected chi connectivity index (χ4v) is 6.65. The topological polar surface area (TPSA) is 145 Å². The smallest absolute Gasteiger partial charge is 0.408 e. The lowest BCUT2D eigenvalue weighted by Crippen LogP contribution is -2.56. The summed E-state index contributed by atoms with van der Waals surface area (Å²) in [6, 6.07) is 7.30. The Hall–Kier alpha value is -3.74. The summed E-state index contributed by atoms with van der Waals surface area (Å²) >= 11 is 3.52. The Bertz CT molecular complexity index is 1470. The van der Waals surface area contributed by atoms with E-state index < -0.39 is 53.1 Å². The van der Waals surface area contributed by atoms with Crippen molar-refractivity contribution in [3.63, 3.8) is 0 Å². The number of carbonyl (C=O) groups is 4. The van der Waals surface area contributed by atoms with E-state index in [0.717, 1.165) is 24.8 Å². The maximum Gasteiger partial charge on any atom is 0.408 e. The average Bonchev–Trinajstić information content (AvgIpc) is 3.31. The summed E-state index contributed by atoms with van der Waals surface area (Å²) in [6.45, 7) is 7.32. The van der Waals surface area contributed by atoms with E-state index in [-0.39, 0.29) is 25.5 Å². The first-order valence-corrected chi connectivity index (χ1v) is 16.8. The second-order valence-corrected chi connectivity index (χ2v) is 13.9. The molecule has 2 N–H and O–H groups in total. The van der Waals surface area contributed by atoms with Crippen molar-refractivity contribution in [2.75, 3.05) is 13.2 Å². The average molecular weight is 700 g/mol. The number of nitrogens with zero attached hydrogens (tertiary/aromatic N) is 4. The molecule has 1 aliphatic carbocycles. The van der Waals surface area contributed by atoms with Gasteiger partial charge in [-0.3, -0.25) is 9.59 Å². The van der Waals surface area contributed by atoms with Gasteiger partial charge < -0.3 is 25.0 Å². The van der Waals surface area contributed by atoms with Crippen LogP contribution < -0.4 is 10.6 Å². The molecule has 0 radical (unpaired) electrons. The summed E-state index contributed by atoms with van der Waals surface area (Å²) in [4.78, 5) is 57.5. The number of benzene rings is 1. The number of esters is 1. The van der Waals surface area contributed by atoms with Crippen molar-refractivity contribution in [3.05, 3.63) is 47.1 Å². The molecule has 5 rings (SSSR count). The molecule has 1 unspecified atom stereocenters. The molecule has 13 heteroatoms. The van der Waals surface area contributed by atoms with Crippen molar-refractivity contribution in [2.45, 2.75) is 102 Å². The number of rotatable bonds is 5. The number of carbonyl (C=O) groups excluding carboxylic acids is 4. The molecule has 2 fully saturated rings. The van der Waals surface area contributed by atoms with Crippen LogP contribution in [0, 0.1) is 5.92 Å². The zero-order chi connectivity index (χ0) is 33.1. The Morgan fingerprint density at radius 1 is 1.13 bits per heavy atom. The minimum Gasteiger partial charge on any atom is -0.464 e. The molecule has 2 aromatic rings. The molecule has 248 valence electrons. The lowest BCUT2D eigenvalue weighted by Gasteiger charge is -2.30. The molecule has 1 aromatic carbocycles. The van der Waals surface area contributed by atoms with Crippen LogP contribution in [-0.4, -0.2) is 80.1 Å². The van der Waals surface area contributed by atoms with Gasteiger partial charge in [0.25, 0.3) is 0 Å². The first-order valence-electron chi connectivity index (χ1n) is 16.1. The third-order valence-electron chi connectivity index (χ3n) is 8.55. The quantitative estimate of drug-likeness (QED) is 0.338. The van der Waals surface area contributed by atoms with Crippen molar-refractivity contribution < 1.29 is 28.7 Å². The van der Waals surface area contributed by atoms with Crippen molar-refractivity contribution in [1.29, 1.82) is 0 Å². The first kappa shape index (κ1) is 33.6. The fraction of sp³-hybridized carbons (Fsp3) is 0.576. The van der Waals surface area contributed by atoms with Gasteiger partial charge in [-0.1, -0.05) is 55.3 Å². The summed E-state index contributed by atoms with van der Waals surface area (Å²) in [6.07, 6.45) is 7.57. The van der Waals surface area contributed by atoms with E-state index in [4.69, 9.17) is 14.6 Å². The van der Waals surface area contributed by atoms with Gasteiger partial charge in [-0.15, -0.1) is 5.10 Å². The number of fused-ring (bicyclic) bond motifs is 2. The standard InChI is InChI=1S/C33H43BrN6O6/c1-5-45-30(43)33-19-22(33)16-12-7-6-8-13-17-24(35-31(44)46-32(2,3)4)29(42)39-20-23(18-25(39)28(41)36-33)40-37-26(27(34)38-40)21-14-10-9-11-15-21/h9-12,14-16,22-25H,5-8,13,17-20H2,1-4H3,(H,35,44)(H,36,41)/b16-12-/t22?,23-,24+,25+,33-/m1/s1. The summed E-state index contributed by atoms with van der Waals surface area (Å²) in [5, 5.41) is 15.1. The van der Waals surface area contributed by atoms with E-state index in [9.17, 15) is 19.2 Å². The molecule has 0 spiro atoms. The van der Waals surface area contributed by atoms with Gasteiger partial charge in [0.1, 0.15) is 28.9 Å². The van der Waals surface area contributed by atoms with Gasteiger partial charge in [0.2, 0.25) is 11.8 Å². The molecular formula is C33H43BrN6O6. The molecule has 3 amide bonds. The summed E-state index contributed by atoms with van der Waals surface area (Å²) in [5.41, 5.74) is -0.427. The maximum absolute atomic E-state index is 14.3. The number of allylic oxidation sites excluding steroid dienone is 1. The van der Waals surface area contributed by atoms with Crippen LogP contribution in [0.25, 0.3) is 11.3 Å². The number of amides is 3. The van der Waals surface area contributed by atoms with Crippen molar-refractivity contribution >= 4 is 39.8 Å². The highest BCUT2D eigenvalue weighted by molar-refractivity contribution is 9.10. The third kappa shape index (κ3) is 7.62. The highest BCUT2D eigenvalue weighted by atomic mass is 79.9. The van der Waals surface area contributed by atoms with Crippen LogP contribution in [0.2, 0.25) is 0 Å².